The molecular formula is C13H14N2. The van der Waals surface area contributed by atoms with Gasteiger partial charge in [0.05, 0.1) is 0 Å². The number of nitrogens with two attached hydrogens (primary N) is 1. The maximum absolute atomic E-state index is 5.85. The molecular weight excluding hydrogens is 184 g/mol. The van der Waals surface area contributed by atoms with E-state index in [9.17, 15) is 0 Å². The van der Waals surface area contributed by atoms with Crippen LogP contribution >= 0.6 is 0 Å². The Morgan fingerprint density at radius 2 is 1.93 bits per heavy atom. The Labute approximate surface area is 89.8 Å². The molecule has 0 aliphatic carbocycles. The van der Waals surface area contributed by atoms with Gasteiger partial charge in [0.15, 0.2) is 0 Å². The second-order valence-electron chi connectivity index (χ2n) is 3.66. The maximum Gasteiger partial charge on any atom is 0.0346 e. The molecule has 0 saturated carbocycles. The van der Waals surface area contributed by atoms with E-state index in [4.69, 9.17) is 5.73 Å². The topological polar surface area (TPSA) is 38.9 Å². The Hall–Kier alpha value is -1.67. The zero-order valence-electron chi connectivity index (χ0n) is 8.72. The predicted molar refractivity (Wildman–Crippen MR) is 62.3 cm³/mol. The van der Waals surface area contributed by atoms with E-state index in [2.05, 4.69) is 17.1 Å². The number of aromatic nitrogens is 1. The molecule has 15 heavy (non-hydrogen) atoms. The molecule has 0 spiro atoms. The van der Waals surface area contributed by atoms with Gasteiger partial charge in [-0.15, -0.1) is 0 Å². The van der Waals surface area contributed by atoms with Gasteiger partial charge in [0.25, 0.3) is 0 Å². The minimum atomic E-state index is 0.0709. The Kier molecular flexibility index (Phi) is 2.79. The van der Waals surface area contributed by atoms with Crippen molar-refractivity contribution in [3.63, 3.8) is 0 Å². The second kappa shape index (κ2) is 4.24. The van der Waals surface area contributed by atoms with E-state index in [0.29, 0.717) is 0 Å². The molecule has 0 saturated heterocycles. The summed E-state index contributed by atoms with van der Waals surface area (Å²) in [5.41, 5.74) is 9.28. The van der Waals surface area contributed by atoms with Crippen LogP contribution in [-0.4, -0.2) is 4.98 Å². The maximum atomic E-state index is 5.85. The summed E-state index contributed by atoms with van der Waals surface area (Å²) >= 11 is 0. The fourth-order valence-electron chi connectivity index (χ4n) is 1.53. The molecule has 0 amide bonds. The summed E-state index contributed by atoms with van der Waals surface area (Å²) in [5, 5.41) is 0. The summed E-state index contributed by atoms with van der Waals surface area (Å²) in [7, 11) is 0. The zero-order chi connectivity index (χ0) is 10.7. The van der Waals surface area contributed by atoms with Crippen LogP contribution in [0.3, 0.4) is 0 Å². The molecule has 0 radical (unpaired) electrons. The van der Waals surface area contributed by atoms with Crippen LogP contribution in [0.4, 0.5) is 0 Å². The molecule has 1 aromatic carbocycles. The molecule has 0 aliphatic heterocycles. The number of hydrogen-bond acceptors (Lipinski definition) is 2. The number of hydrogen-bond donors (Lipinski definition) is 1. The summed E-state index contributed by atoms with van der Waals surface area (Å²) in [6.45, 7) is 1.99. The summed E-state index contributed by atoms with van der Waals surface area (Å²) < 4.78 is 0. The minimum absolute atomic E-state index is 0.0709. The first kappa shape index (κ1) is 9.87. The van der Waals surface area contributed by atoms with Crippen molar-refractivity contribution in [2.24, 2.45) is 5.73 Å². The molecule has 0 fully saturated rings. The van der Waals surface area contributed by atoms with Gasteiger partial charge in [-0.2, -0.15) is 0 Å². The first-order valence-corrected chi connectivity index (χ1v) is 5.03. The molecule has 2 nitrogen and oxygen atoms in total. The summed E-state index contributed by atoms with van der Waals surface area (Å²) in [6.07, 6.45) is 3.64. The van der Waals surface area contributed by atoms with Gasteiger partial charge in [-0.3, -0.25) is 4.98 Å². The van der Waals surface area contributed by atoms with Crippen LogP contribution < -0.4 is 5.73 Å². The van der Waals surface area contributed by atoms with Gasteiger partial charge in [-0.25, -0.2) is 0 Å². The van der Waals surface area contributed by atoms with Gasteiger partial charge in [0, 0.05) is 18.4 Å². The molecule has 1 aromatic heterocycles. The quantitative estimate of drug-likeness (QED) is 0.805. The van der Waals surface area contributed by atoms with Crippen molar-refractivity contribution >= 4 is 0 Å². The monoisotopic (exact) mass is 198 g/mol. The van der Waals surface area contributed by atoms with E-state index in [1.807, 2.05) is 37.4 Å². The summed E-state index contributed by atoms with van der Waals surface area (Å²) in [4.78, 5) is 4.10. The summed E-state index contributed by atoms with van der Waals surface area (Å²) in [5.74, 6) is 0. The predicted octanol–water partition coefficient (Wildman–Crippen LogP) is 2.77. The Morgan fingerprint density at radius 1 is 1.13 bits per heavy atom. The van der Waals surface area contributed by atoms with Crippen LogP contribution in [0, 0.1) is 0 Å². The molecule has 1 heterocycles. The lowest BCUT2D eigenvalue weighted by Gasteiger charge is -2.07. The van der Waals surface area contributed by atoms with Gasteiger partial charge < -0.3 is 5.73 Å². The van der Waals surface area contributed by atoms with Gasteiger partial charge in [-0.1, -0.05) is 24.3 Å². The molecule has 0 bridgehead atoms. The smallest absolute Gasteiger partial charge is 0.0346 e. The van der Waals surface area contributed by atoms with Gasteiger partial charge in [0.1, 0.15) is 0 Å². The van der Waals surface area contributed by atoms with Crippen molar-refractivity contribution in [1.29, 1.82) is 0 Å². The second-order valence-corrected chi connectivity index (χ2v) is 3.66. The van der Waals surface area contributed by atoms with Crippen LogP contribution in [0.15, 0.2) is 48.8 Å². The van der Waals surface area contributed by atoms with Crippen LogP contribution in [0.25, 0.3) is 11.1 Å². The van der Waals surface area contributed by atoms with Gasteiger partial charge in [0.2, 0.25) is 0 Å². The van der Waals surface area contributed by atoms with Crippen LogP contribution in [0.5, 0.6) is 0 Å². The number of benzene rings is 1. The fourth-order valence-corrected chi connectivity index (χ4v) is 1.53. The third kappa shape index (κ3) is 2.22. The Bertz CT molecular complexity index is 435. The van der Waals surface area contributed by atoms with E-state index in [1.165, 1.54) is 0 Å². The molecule has 2 aromatic rings. The van der Waals surface area contributed by atoms with Gasteiger partial charge >= 0.3 is 0 Å². The highest BCUT2D eigenvalue weighted by Crippen LogP contribution is 2.21. The Balaban J connectivity index is 2.42. The molecule has 2 rings (SSSR count). The van der Waals surface area contributed by atoms with Crippen LogP contribution in [0.1, 0.15) is 18.5 Å². The standard InChI is InChI=1S/C13H14N2/c1-10(14)11-4-2-5-12(8-11)13-6-3-7-15-9-13/h2-10H,14H2,1H3. The average molecular weight is 198 g/mol. The normalized spacial score (nSPS) is 12.4. The third-order valence-corrected chi connectivity index (χ3v) is 2.41. The highest BCUT2D eigenvalue weighted by Gasteiger charge is 2.01. The van der Waals surface area contributed by atoms with Crippen molar-refractivity contribution in [2.75, 3.05) is 0 Å². The molecule has 2 N–H and O–H groups in total. The average Bonchev–Trinajstić information content (AvgIpc) is 2.30. The highest BCUT2D eigenvalue weighted by atomic mass is 14.6. The first-order valence-electron chi connectivity index (χ1n) is 5.03. The van der Waals surface area contributed by atoms with Gasteiger partial charge in [-0.05, 0) is 35.7 Å². The SMILES string of the molecule is CC(N)c1cccc(-c2cccnc2)c1. The van der Waals surface area contributed by atoms with Crippen LogP contribution in [-0.2, 0) is 0 Å². The molecule has 0 aliphatic rings. The lowest BCUT2D eigenvalue weighted by molar-refractivity contribution is 0.819. The summed E-state index contributed by atoms with van der Waals surface area (Å²) in [6, 6.07) is 12.3. The third-order valence-electron chi connectivity index (χ3n) is 2.41. The lowest BCUT2D eigenvalue weighted by atomic mass is 10.0. The van der Waals surface area contributed by atoms with E-state index < -0.39 is 0 Å². The van der Waals surface area contributed by atoms with E-state index in [0.717, 1.165) is 16.7 Å². The van der Waals surface area contributed by atoms with Crippen molar-refractivity contribution in [3.05, 3.63) is 54.4 Å². The number of nitrogens with zero attached hydrogens (tertiary/aromatic N) is 1. The van der Waals surface area contributed by atoms with E-state index >= 15 is 0 Å². The van der Waals surface area contributed by atoms with E-state index in [-0.39, 0.29) is 6.04 Å². The van der Waals surface area contributed by atoms with Crippen molar-refractivity contribution < 1.29 is 0 Å². The highest BCUT2D eigenvalue weighted by molar-refractivity contribution is 5.63. The largest absolute Gasteiger partial charge is 0.324 e. The number of rotatable bonds is 2. The van der Waals surface area contributed by atoms with Crippen LogP contribution in [0.2, 0.25) is 0 Å². The molecule has 76 valence electrons. The zero-order valence-corrected chi connectivity index (χ0v) is 8.72. The van der Waals surface area contributed by atoms with Crippen molar-refractivity contribution in [3.8, 4) is 11.1 Å². The number of pyridine rings is 1. The first-order chi connectivity index (χ1) is 7.27. The fraction of sp³-hybridized carbons (Fsp3) is 0.154. The van der Waals surface area contributed by atoms with Crippen molar-refractivity contribution in [1.82, 2.24) is 4.98 Å². The molecule has 1 atom stereocenters. The Morgan fingerprint density at radius 3 is 2.60 bits per heavy atom. The van der Waals surface area contributed by atoms with Crippen molar-refractivity contribution in [2.45, 2.75) is 13.0 Å². The lowest BCUT2D eigenvalue weighted by Crippen LogP contribution is -2.04. The van der Waals surface area contributed by atoms with E-state index in [1.54, 1.807) is 6.20 Å². The molecule has 2 heteroatoms. The minimum Gasteiger partial charge on any atom is -0.324 e. The molecule has 1 unspecified atom stereocenters.